The second-order valence-electron chi connectivity index (χ2n) is 6.30. The number of aromatic nitrogens is 3. The number of pyridine rings is 1. The quantitative estimate of drug-likeness (QED) is 0.557. The van der Waals surface area contributed by atoms with E-state index in [0.29, 0.717) is 12.1 Å². The molecule has 4 rings (SSSR count). The third kappa shape index (κ3) is 2.70. The van der Waals surface area contributed by atoms with Gasteiger partial charge in [0, 0.05) is 25.4 Å². The lowest BCUT2D eigenvalue weighted by molar-refractivity contribution is 0.0806. The maximum Gasteiger partial charge on any atom is 0.256 e. The Kier molecular flexibility index (Phi) is 4.24. The van der Waals surface area contributed by atoms with Crippen LogP contribution in [0, 0.1) is 0 Å². The molecule has 0 spiro atoms. The molecule has 136 valence electrons. The van der Waals surface area contributed by atoms with Gasteiger partial charge in [-0.15, -0.1) is 0 Å². The van der Waals surface area contributed by atoms with Gasteiger partial charge >= 0.3 is 0 Å². The number of nitrogens with zero attached hydrogens (tertiary/aromatic N) is 4. The largest absolute Gasteiger partial charge is 0.497 e. The highest BCUT2D eigenvalue weighted by atomic mass is 16.5. The van der Waals surface area contributed by atoms with E-state index in [4.69, 9.17) is 4.74 Å². The first-order valence-electron chi connectivity index (χ1n) is 8.79. The summed E-state index contributed by atoms with van der Waals surface area (Å²) in [4.78, 5) is 23.9. The second kappa shape index (κ2) is 6.72. The molecule has 0 saturated heterocycles. The number of carbonyl (C=O) groups excluding carboxylic acids is 1. The minimum absolute atomic E-state index is 0.0410. The minimum atomic E-state index is -0.0410. The van der Waals surface area contributed by atoms with Crippen LogP contribution in [0.25, 0.3) is 27.8 Å². The maximum atomic E-state index is 13.2. The molecule has 0 aliphatic rings. The standard InChI is InChI=1S/C21H20N4O2/c1-4-24(2)21(26)17-16-7-5-6-12-25(16)20-18(17)19(22-13-23-20)14-8-10-15(27-3)11-9-14/h5-13H,4H2,1-3H3. The number of benzene rings is 1. The molecule has 0 fully saturated rings. The molecule has 0 unspecified atom stereocenters. The van der Waals surface area contributed by atoms with Crippen LogP contribution in [0.2, 0.25) is 0 Å². The first kappa shape index (κ1) is 17.0. The topological polar surface area (TPSA) is 59.7 Å². The zero-order valence-electron chi connectivity index (χ0n) is 15.5. The van der Waals surface area contributed by atoms with Crippen molar-refractivity contribution in [2.24, 2.45) is 0 Å². The number of carbonyl (C=O) groups is 1. The summed E-state index contributed by atoms with van der Waals surface area (Å²) in [6, 6.07) is 13.5. The van der Waals surface area contributed by atoms with Crippen LogP contribution in [-0.2, 0) is 0 Å². The fourth-order valence-electron chi connectivity index (χ4n) is 3.27. The summed E-state index contributed by atoms with van der Waals surface area (Å²) >= 11 is 0. The molecule has 27 heavy (non-hydrogen) atoms. The zero-order valence-corrected chi connectivity index (χ0v) is 15.5. The number of rotatable bonds is 4. The number of amides is 1. The van der Waals surface area contributed by atoms with Gasteiger partial charge in [-0.3, -0.25) is 4.79 Å². The van der Waals surface area contributed by atoms with Crippen LogP contribution < -0.4 is 4.74 Å². The first-order valence-corrected chi connectivity index (χ1v) is 8.79. The smallest absolute Gasteiger partial charge is 0.256 e. The summed E-state index contributed by atoms with van der Waals surface area (Å²) in [5, 5.41) is 0.763. The van der Waals surface area contributed by atoms with E-state index in [9.17, 15) is 4.79 Å². The van der Waals surface area contributed by atoms with E-state index in [1.54, 1.807) is 25.4 Å². The molecule has 1 amide bonds. The highest BCUT2D eigenvalue weighted by molar-refractivity contribution is 6.16. The molecule has 0 aliphatic heterocycles. The van der Waals surface area contributed by atoms with Crippen molar-refractivity contribution < 1.29 is 9.53 Å². The predicted octanol–water partition coefficient (Wildman–Crippen LogP) is 3.65. The lowest BCUT2D eigenvalue weighted by Crippen LogP contribution is -2.26. The van der Waals surface area contributed by atoms with Gasteiger partial charge < -0.3 is 14.0 Å². The Balaban J connectivity index is 2.07. The second-order valence-corrected chi connectivity index (χ2v) is 6.30. The Morgan fingerprint density at radius 3 is 2.63 bits per heavy atom. The lowest BCUT2D eigenvalue weighted by atomic mass is 10.0. The lowest BCUT2D eigenvalue weighted by Gasteiger charge is -2.14. The number of hydrogen-bond acceptors (Lipinski definition) is 4. The summed E-state index contributed by atoms with van der Waals surface area (Å²) in [6.45, 7) is 2.58. The van der Waals surface area contributed by atoms with Gasteiger partial charge in [0.1, 0.15) is 17.7 Å². The molecule has 0 atom stereocenters. The number of fused-ring (bicyclic) bond motifs is 3. The van der Waals surface area contributed by atoms with Gasteiger partial charge in [-0.05, 0) is 43.3 Å². The normalized spacial score (nSPS) is 11.1. The molecule has 4 aromatic rings. The maximum absolute atomic E-state index is 13.2. The Labute approximate surface area is 157 Å². The van der Waals surface area contributed by atoms with Crippen LogP contribution >= 0.6 is 0 Å². The van der Waals surface area contributed by atoms with Crippen LogP contribution in [0.15, 0.2) is 55.0 Å². The van der Waals surface area contributed by atoms with Crippen molar-refractivity contribution in [2.45, 2.75) is 6.92 Å². The average Bonchev–Trinajstić information content (AvgIpc) is 3.07. The summed E-state index contributed by atoms with van der Waals surface area (Å²) in [5.74, 6) is 0.730. The van der Waals surface area contributed by atoms with Crippen LogP contribution in [0.1, 0.15) is 17.3 Å². The Hall–Kier alpha value is -3.41. The van der Waals surface area contributed by atoms with Crippen molar-refractivity contribution in [3.8, 4) is 17.0 Å². The molecule has 0 N–H and O–H groups in total. The van der Waals surface area contributed by atoms with Gasteiger partial charge in [0.05, 0.1) is 29.3 Å². The highest BCUT2D eigenvalue weighted by Gasteiger charge is 2.24. The third-order valence-electron chi connectivity index (χ3n) is 4.82. The van der Waals surface area contributed by atoms with Crippen molar-refractivity contribution >= 4 is 22.5 Å². The van der Waals surface area contributed by atoms with Crippen LogP contribution in [0.4, 0.5) is 0 Å². The number of methoxy groups -OCH3 is 1. The van der Waals surface area contributed by atoms with Crippen molar-refractivity contribution in [3.63, 3.8) is 0 Å². The molecule has 6 heteroatoms. The van der Waals surface area contributed by atoms with E-state index >= 15 is 0 Å². The molecular formula is C21H20N4O2. The van der Waals surface area contributed by atoms with E-state index in [-0.39, 0.29) is 5.91 Å². The van der Waals surface area contributed by atoms with E-state index in [0.717, 1.165) is 33.6 Å². The molecule has 3 heterocycles. The van der Waals surface area contributed by atoms with Crippen LogP contribution in [-0.4, -0.2) is 45.9 Å². The van der Waals surface area contributed by atoms with Gasteiger partial charge in [-0.25, -0.2) is 9.97 Å². The molecule has 0 bridgehead atoms. The summed E-state index contributed by atoms with van der Waals surface area (Å²) < 4.78 is 7.20. The Morgan fingerprint density at radius 1 is 1.15 bits per heavy atom. The fourth-order valence-corrected chi connectivity index (χ4v) is 3.27. The average molecular weight is 360 g/mol. The minimum Gasteiger partial charge on any atom is -0.497 e. The number of hydrogen-bond donors (Lipinski definition) is 0. The molecule has 0 radical (unpaired) electrons. The van der Waals surface area contributed by atoms with Gasteiger partial charge in [0.25, 0.3) is 5.91 Å². The predicted molar refractivity (Wildman–Crippen MR) is 105 cm³/mol. The molecule has 1 aromatic carbocycles. The summed E-state index contributed by atoms with van der Waals surface area (Å²) in [7, 11) is 3.44. The summed E-state index contributed by atoms with van der Waals surface area (Å²) in [6.07, 6.45) is 3.46. The highest BCUT2D eigenvalue weighted by Crippen LogP contribution is 2.34. The van der Waals surface area contributed by atoms with Gasteiger partial charge in [0.2, 0.25) is 0 Å². The van der Waals surface area contributed by atoms with Crippen molar-refractivity contribution in [3.05, 3.63) is 60.6 Å². The van der Waals surface area contributed by atoms with Crippen molar-refractivity contribution in [2.75, 3.05) is 20.7 Å². The van der Waals surface area contributed by atoms with Crippen molar-refractivity contribution in [1.29, 1.82) is 0 Å². The van der Waals surface area contributed by atoms with E-state index in [1.807, 2.05) is 60.0 Å². The molecule has 6 nitrogen and oxygen atoms in total. The monoisotopic (exact) mass is 360 g/mol. The van der Waals surface area contributed by atoms with Gasteiger partial charge in [-0.1, -0.05) is 6.07 Å². The zero-order chi connectivity index (χ0) is 19.0. The molecular weight excluding hydrogens is 340 g/mol. The van der Waals surface area contributed by atoms with Crippen molar-refractivity contribution in [1.82, 2.24) is 19.3 Å². The van der Waals surface area contributed by atoms with Gasteiger partial charge in [-0.2, -0.15) is 0 Å². The number of ether oxygens (including phenoxy) is 1. The Morgan fingerprint density at radius 2 is 1.93 bits per heavy atom. The molecule has 0 aliphatic carbocycles. The van der Waals surface area contributed by atoms with Gasteiger partial charge in [0.15, 0.2) is 0 Å². The fraction of sp³-hybridized carbons (Fsp3) is 0.190. The Bertz CT molecular complexity index is 1130. The first-order chi connectivity index (χ1) is 13.2. The third-order valence-corrected chi connectivity index (χ3v) is 4.82. The van der Waals surface area contributed by atoms with E-state index in [2.05, 4.69) is 9.97 Å². The summed E-state index contributed by atoms with van der Waals surface area (Å²) in [5.41, 5.74) is 3.82. The van der Waals surface area contributed by atoms with E-state index in [1.165, 1.54) is 0 Å². The molecule has 0 saturated carbocycles. The van der Waals surface area contributed by atoms with E-state index < -0.39 is 0 Å². The van der Waals surface area contributed by atoms with Crippen LogP contribution in [0.3, 0.4) is 0 Å². The SMILES string of the molecule is CCN(C)C(=O)c1c2c(-c3ccc(OC)cc3)ncnc2n2ccccc12. The molecule has 3 aromatic heterocycles. The van der Waals surface area contributed by atoms with Crippen LogP contribution in [0.5, 0.6) is 5.75 Å².